The molecule has 5 N–H and O–H groups in total. The molecule has 1 fully saturated rings. The molecule has 6 heterocycles. The lowest BCUT2D eigenvalue weighted by Crippen LogP contribution is -2.42. The summed E-state index contributed by atoms with van der Waals surface area (Å²) < 4.78 is 7.08. The normalized spacial score (nSPS) is 17.6. The fourth-order valence-corrected chi connectivity index (χ4v) is 12.8. The number of rotatable bonds is 25. The number of ether oxygens (including phenoxy) is 1. The van der Waals surface area contributed by atoms with Crippen LogP contribution in [-0.4, -0.2) is 112 Å². The fraction of sp³-hybridized carbons (Fsp3) is 0.317. The quantitative estimate of drug-likeness (QED) is 0.0268. The molecule has 82 heavy (non-hydrogen) atoms. The summed E-state index contributed by atoms with van der Waals surface area (Å²) in [7, 11) is 0. The van der Waals surface area contributed by atoms with Crippen molar-refractivity contribution in [2.24, 2.45) is 0 Å². The number of para-hydroxylation sites is 4. The Balaban J connectivity index is 0.712. The molecule has 3 aliphatic heterocycles. The van der Waals surface area contributed by atoms with Crippen molar-refractivity contribution in [3.05, 3.63) is 181 Å². The van der Waals surface area contributed by atoms with Crippen LogP contribution in [0.25, 0.3) is 40.0 Å². The SMILES string of the molecule is CC[C@H]1O[C@@H](n2cc(/C=C/C(=O)NCCN(CCNC(=O)CCCCN3/C(=C/c4ccnc5ccccc45)Sc4ccccc43)CCNC(=O)CCCCN3/C(=C/c4ccnc5ccccc45)Sc4ccccc43)c(=O)[nH]c2=O)C[C@H]1O. The maximum Gasteiger partial charge on any atom is 0.330 e. The van der Waals surface area contributed by atoms with Crippen molar-refractivity contribution >= 4 is 92.7 Å². The number of aliphatic hydroxyl groups excluding tert-OH is 1. The second kappa shape index (κ2) is 27.8. The number of nitrogens with one attached hydrogen (secondary N) is 4. The first-order valence-corrected chi connectivity index (χ1v) is 29.8. The third kappa shape index (κ3) is 14.4. The zero-order chi connectivity index (χ0) is 56.8. The molecule has 17 nitrogen and oxygen atoms in total. The van der Waals surface area contributed by atoms with Gasteiger partial charge in [-0.2, -0.15) is 0 Å². The number of aliphatic hydroxyl groups is 1. The van der Waals surface area contributed by atoms with Gasteiger partial charge in [-0.15, -0.1) is 0 Å². The molecule has 0 saturated carbocycles. The Morgan fingerprint density at radius 2 is 1.20 bits per heavy atom. The van der Waals surface area contributed by atoms with E-state index in [1.54, 1.807) is 23.5 Å². The standard InChI is InChI=1S/C63H68N10O7S2/c1-2-53-52(74)41-59(80-53)73-42-45(62(78)69-63(73)79)25-26-58(77)68-33-38-70(36-31-66-56(75)23-11-13-34-71-50-19-7-9-21-54(50)81-60(71)39-43-27-29-64-48-17-5-3-15-46(43)48)37-32-67-57(76)24-12-14-35-72-51-20-8-10-22-55(51)82-61(72)40-44-28-30-65-49-18-6-4-16-47(44)49/h3-10,15-22,25-30,39-40,42,52-53,59,74H,2,11-14,23-24,31-38,41H2,1H3,(H,66,75)(H,67,76)(H,68,77)(H,69,78,79)/b26-25+,60-39-,61-40-/t52-,53-,59-/m1/s1. The number of hydrogen-bond donors (Lipinski definition) is 5. The van der Waals surface area contributed by atoms with Crippen LogP contribution in [0.15, 0.2) is 163 Å². The van der Waals surface area contributed by atoms with Gasteiger partial charge in [0.15, 0.2) is 0 Å². The number of anilines is 2. The molecule has 3 aliphatic rings. The number of pyridine rings is 2. The van der Waals surface area contributed by atoms with E-state index >= 15 is 0 Å². The third-order valence-electron chi connectivity index (χ3n) is 14.8. The number of unbranched alkanes of at least 4 members (excludes halogenated alkanes) is 2. The highest BCUT2D eigenvalue weighted by molar-refractivity contribution is 8.04. The minimum Gasteiger partial charge on any atom is -0.390 e. The van der Waals surface area contributed by atoms with Gasteiger partial charge in [-0.25, -0.2) is 4.79 Å². The highest BCUT2D eigenvalue weighted by Crippen LogP contribution is 2.48. The van der Waals surface area contributed by atoms with Crippen molar-refractivity contribution in [1.29, 1.82) is 0 Å². The van der Waals surface area contributed by atoms with E-state index in [0.29, 0.717) is 64.8 Å². The van der Waals surface area contributed by atoms with Crippen molar-refractivity contribution in [2.45, 2.75) is 86.5 Å². The highest BCUT2D eigenvalue weighted by atomic mass is 32.2. The van der Waals surface area contributed by atoms with Gasteiger partial charge in [0.1, 0.15) is 6.23 Å². The zero-order valence-corrected chi connectivity index (χ0v) is 47.5. The second-order valence-corrected chi connectivity index (χ2v) is 22.5. The zero-order valence-electron chi connectivity index (χ0n) is 45.9. The molecule has 0 bridgehead atoms. The molecular formula is C63H68N10O7S2. The molecular weight excluding hydrogens is 1070 g/mol. The summed E-state index contributed by atoms with van der Waals surface area (Å²) in [5.41, 5.74) is 5.17. The van der Waals surface area contributed by atoms with Crippen LogP contribution in [0.2, 0.25) is 0 Å². The van der Waals surface area contributed by atoms with E-state index in [1.165, 1.54) is 32.7 Å². The minimum absolute atomic E-state index is 0.0476. The number of fused-ring (bicyclic) bond motifs is 4. The third-order valence-corrected chi connectivity index (χ3v) is 17.0. The smallest absolute Gasteiger partial charge is 0.330 e. The van der Waals surface area contributed by atoms with E-state index in [1.807, 2.05) is 67.8 Å². The number of carbonyl (C=O) groups excluding carboxylic acids is 3. The van der Waals surface area contributed by atoms with Crippen LogP contribution >= 0.6 is 23.5 Å². The first kappa shape index (κ1) is 57.4. The number of carbonyl (C=O) groups is 3. The van der Waals surface area contributed by atoms with Crippen molar-refractivity contribution < 1.29 is 24.2 Å². The average Bonchev–Trinajstić information content (AvgIpc) is 4.15. The van der Waals surface area contributed by atoms with Crippen LogP contribution in [-0.2, 0) is 19.1 Å². The van der Waals surface area contributed by atoms with E-state index in [9.17, 15) is 29.1 Å². The molecule has 0 spiro atoms. The average molecular weight is 1140 g/mol. The number of thioether (sulfide) groups is 2. The van der Waals surface area contributed by atoms with Gasteiger partial charge in [0, 0.05) is 117 Å². The number of nitrogens with zero attached hydrogens (tertiary/aromatic N) is 6. The fourth-order valence-electron chi connectivity index (χ4n) is 10.5. The Hall–Kier alpha value is -7.81. The van der Waals surface area contributed by atoms with E-state index in [4.69, 9.17) is 4.74 Å². The van der Waals surface area contributed by atoms with Crippen LogP contribution < -0.4 is 37.0 Å². The first-order chi connectivity index (χ1) is 40.1. The molecule has 3 aromatic heterocycles. The predicted molar refractivity (Wildman–Crippen MR) is 327 cm³/mol. The largest absolute Gasteiger partial charge is 0.390 e. The lowest BCUT2D eigenvalue weighted by Gasteiger charge is -2.23. The van der Waals surface area contributed by atoms with Gasteiger partial charge in [-0.05, 0) is 110 Å². The topological polar surface area (TPSA) is 207 Å². The van der Waals surface area contributed by atoms with E-state index in [2.05, 4.69) is 118 Å². The summed E-state index contributed by atoms with van der Waals surface area (Å²) in [6.45, 7) is 5.73. The van der Waals surface area contributed by atoms with Crippen LogP contribution in [0.1, 0.15) is 81.2 Å². The van der Waals surface area contributed by atoms with Crippen molar-refractivity contribution in [3.8, 4) is 0 Å². The Labute approximate surface area is 484 Å². The molecule has 0 unspecified atom stereocenters. The lowest BCUT2D eigenvalue weighted by molar-refractivity contribution is -0.121. The van der Waals surface area contributed by atoms with E-state index in [0.717, 1.165) is 80.3 Å². The predicted octanol–water partition coefficient (Wildman–Crippen LogP) is 8.92. The number of benzene rings is 4. The summed E-state index contributed by atoms with van der Waals surface area (Å²) in [5, 5.41) is 23.9. The van der Waals surface area contributed by atoms with Crippen molar-refractivity contribution in [1.82, 2.24) is 40.4 Å². The Kier molecular flexibility index (Phi) is 19.4. The van der Waals surface area contributed by atoms with Gasteiger partial charge in [0.2, 0.25) is 17.7 Å². The molecule has 0 radical (unpaired) electrons. The van der Waals surface area contributed by atoms with Gasteiger partial charge in [0.05, 0.1) is 50.2 Å². The molecule has 10 rings (SSSR count). The first-order valence-electron chi connectivity index (χ1n) is 28.2. The Morgan fingerprint density at radius 3 is 1.73 bits per heavy atom. The van der Waals surface area contributed by atoms with Crippen molar-refractivity contribution in [3.63, 3.8) is 0 Å². The second-order valence-electron chi connectivity index (χ2n) is 20.4. The minimum atomic E-state index is -0.754. The van der Waals surface area contributed by atoms with Gasteiger partial charge in [-0.3, -0.25) is 43.6 Å². The van der Waals surface area contributed by atoms with Crippen molar-refractivity contribution in [2.75, 3.05) is 62.2 Å². The summed E-state index contributed by atoms with van der Waals surface area (Å²) in [6, 6.07) is 37.2. The lowest BCUT2D eigenvalue weighted by atomic mass is 10.1. The number of aromatic nitrogens is 4. The number of H-pyrrole nitrogens is 1. The maximum absolute atomic E-state index is 13.3. The monoisotopic (exact) mass is 1140 g/mol. The molecule has 3 atom stereocenters. The van der Waals surface area contributed by atoms with Gasteiger partial charge >= 0.3 is 5.69 Å². The molecule has 4 aromatic carbocycles. The van der Waals surface area contributed by atoms with E-state index < -0.39 is 35.6 Å². The Morgan fingerprint density at radius 1 is 0.683 bits per heavy atom. The molecule has 3 amide bonds. The molecule has 7 aromatic rings. The number of hydrogen-bond acceptors (Lipinski definition) is 14. The number of amides is 3. The summed E-state index contributed by atoms with van der Waals surface area (Å²) >= 11 is 3.50. The van der Waals surface area contributed by atoms with Crippen LogP contribution in [0, 0.1) is 0 Å². The Bertz CT molecular complexity index is 3460. The molecule has 19 heteroatoms. The molecule has 0 aliphatic carbocycles. The number of aromatic amines is 1. The van der Waals surface area contributed by atoms with Gasteiger partial charge in [0.25, 0.3) is 5.56 Å². The van der Waals surface area contributed by atoms with Gasteiger partial charge in [-0.1, -0.05) is 91.1 Å². The molecule has 1 saturated heterocycles. The summed E-state index contributed by atoms with van der Waals surface area (Å²) in [6.07, 6.45) is 14.6. The van der Waals surface area contributed by atoms with Crippen LogP contribution in [0.5, 0.6) is 0 Å². The maximum atomic E-state index is 13.3. The highest BCUT2D eigenvalue weighted by Gasteiger charge is 2.34. The summed E-state index contributed by atoms with van der Waals surface area (Å²) in [5.74, 6) is -0.548. The summed E-state index contributed by atoms with van der Waals surface area (Å²) in [4.78, 5) is 85.6. The molecule has 424 valence electrons. The van der Waals surface area contributed by atoms with E-state index in [-0.39, 0.29) is 30.3 Å². The van der Waals surface area contributed by atoms with Gasteiger partial charge < -0.3 is 35.6 Å². The van der Waals surface area contributed by atoms with Crippen LogP contribution in [0.4, 0.5) is 11.4 Å². The van der Waals surface area contributed by atoms with Crippen LogP contribution in [0.3, 0.4) is 0 Å².